The zero-order valence-electron chi connectivity index (χ0n) is 16.3. The summed E-state index contributed by atoms with van der Waals surface area (Å²) in [5.74, 6) is 0.136. The highest BCUT2D eigenvalue weighted by Gasteiger charge is 2.14. The molecule has 0 spiro atoms. The van der Waals surface area contributed by atoms with Gasteiger partial charge in [-0.15, -0.1) is 0 Å². The van der Waals surface area contributed by atoms with Crippen LogP contribution in [-0.4, -0.2) is 12.0 Å². The highest BCUT2D eigenvalue weighted by Crippen LogP contribution is 2.38. The molecule has 0 aromatic heterocycles. The molecule has 0 saturated heterocycles. The minimum atomic E-state index is -0.483. The molecule has 3 aromatic carbocycles. The molecule has 0 N–H and O–H groups in total. The second kappa shape index (κ2) is 9.74. The highest BCUT2D eigenvalue weighted by molar-refractivity contribution is 6.32. The lowest BCUT2D eigenvalue weighted by Crippen LogP contribution is -2.00. The van der Waals surface area contributed by atoms with Crippen molar-refractivity contribution in [2.24, 2.45) is 0 Å². The molecule has 0 fully saturated rings. The van der Waals surface area contributed by atoms with Gasteiger partial charge in [-0.25, -0.2) is 4.39 Å². The number of halogens is 2. The van der Waals surface area contributed by atoms with Gasteiger partial charge in [-0.1, -0.05) is 35.9 Å². The van der Waals surface area contributed by atoms with Crippen molar-refractivity contribution in [3.8, 4) is 17.6 Å². The lowest BCUT2D eigenvalue weighted by Gasteiger charge is -2.13. The summed E-state index contributed by atoms with van der Waals surface area (Å²) < 4.78 is 24.6. The van der Waals surface area contributed by atoms with Crippen LogP contribution in [-0.2, 0) is 6.61 Å². The molecule has 0 aliphatic heterocycles. The van der Waals surface area contributed by atoms with Crippen LogP contribution in [0.1, 0.15) is 16.7 Å². The Bertz CT molecular complexity index is 1200. The molecule has 0 radical (unpaired) electrons. The van der Waals surface area contributed by atoms with Gasteiger partial charge < -0.3 is 9.47 Å². The van der Waals surface area contributed by atoms with Crippen LogP contribution in [0.4, 0.5) is 10.1 Å². The summed E-state index contributed by atoms with van der Waals surface area (Å²) in [5.41, 5.74) is 1.80. The Morgan fingerprint density at radius 1 is 1.23 bits per heavy atom. The molecule has 3 rings (SSSR count). The summed E-state index contributed by atoms with van der Waals surface area (Å²) in [6.07, 6.45) is 1.56. The number of hydrogen-bond acceptors (Lipinski definition) is 5. The maximum atomic E-state index is 13.5. The van der Waals surface area contributed by atoms with Crippen molar-refractivity contribution in [3.63, 3.8) is 0 Å². The van der Waals surface area contributed by atoms with Gasteiger partial charge in [0.25, 0.3) is 5.69 Å². The summed E-state index contributed by atoms with van der Waals surface area (Å²) >= 11 is 6.37. The lowest BCUT2D eigenvalue weighted by molar-refractivity contribution is -0.384. The summed E-state index contributed by atoms with van der Waals surface area (Å²) in [6, 6.07) is 17.1. The summed E-state index contributed by atoms with van der Waals surface area (Å²) in [6.45, 7) is 0.0414. The van der Waals surface area contributed by atoms with E-state index in [4.69, 9.17) is 21.1 Å². The van der Waals surface area contributed by atoms with E-state index in [1.54, 1.807) is 36.4 Å². The molecule has 6 nitrogen and oxygen atoms in total. The van der Waals surface area contributed by atoms with Crippen LogP contribution in [0.5, 0.6) is 11.5 Å². The predicted molar refractivity (Wildman–Crippen MR) is 115 cm³/mol. The third-order valence-corrected chi connectivity index (χ3v) is 4.60. The molecule has 0 saturated carbocycles. The van der Waals surface area contributed by atoms with E-state index in [0.29, 0.717) is 22.4 Å². The van der Waals surface area contributed by atoms with Gasteiger partial charge in [-0.05, 0) is 47.0 Å². The maximum absolute atomic E-state index is 13.5. The predicted octanol–water partition coefficient (Wildman–Crippen LogP) is 6.04. The van der Waals surface area contributed by atoms with Crippen LogP contribution in [0, 0.1) is 27.3 Å². The van der Waals surface area contributed by atoms with Crippen LogP contribution in [0.25, 0.3) is 11.6 Å². The fraction of sp³-hybridized carbons (Fsp3) is 0.0870. The van der Waals surface area contributed by atoms with Gasteiger partial charge in [0.05, 0.1) is 28.7 Å². The number of hydrogen-bond donors (Lipinski definition) is 0. The number of nitro groups is 1. The first-order valence-electron chi connectivity index (χ1n) is 9.02. The minimum absolute atomic E-state index is 0.0407. The number of nitro benzene ring substituents is 1. The van der Waals surface area contributed by atoms with Gasteiger partial charge >= 0.3 is 0 Å². The highest BCUT2D eigenvalue weighted by atomic mass is 35.5. The number of methoxy groups -OCH3 is 1. The third-order valence-electron chi connectivity index (χ3n) is 4.32. The van der Waals surface area contributed by atoms with E-state index in [9.17, 15) is 19.8 Å². The SMILES string of the molecule is COc1cc(/C=C(/C#N)c2cccc(F)c2)cc(Cl)c1OCc1cccc([N+](=O)[O-])c1. The van der Waals surface area contributed by atoms with E-state index in [2.05, 4.69) is 6.07 Å². The first-order chi connectivity index (χ1) is 14.9. The van der Waals surface area contributed by atoms with Crippen LogP contribution in [0.2, 0.25) is 5.02 Å². The largest absolute Gasteiger partial charge is 0.493 e. The fourth-order valence-corrected chi connectivity index (χ4v) is 3.16. The van der Waals surface area contributed by atoms with Gasteiger partial charge in [-0.2, -0.15) is 5.26 Å². The number of benzene rings is 3. The standard InChI is InChI=1S/C23H16ClFN2O4/c1-30-22-11-16(8-18(13-26)17-5-3-6-19(25)12-17)10-21(24)23(22)31-14-15-4-2-7-20(9-15)27(28)29/h2-12H,14H2,1H3/b18-8-. The molecular formula is C23H16ClFN2O4. The van der Waals surface area contributed by atoms with E-state index < -0.39 is 10.7 Å². The van der Waals surface area contributed by atoms with E-state index in [0.717, 1.165) is 0 Å². The van der Waals surface area contributed by atoms with Crippen molar-refractivity contribution in [1.82, 2.24) is 0 Å². The summed E-state index contributed by atoms with van der Waals surface area (Å²) in [4.78, 5) is 10.4. The van der Waals surface area contributed by atoms with Crippen molar-refractivity contribution in [2.75, 3.05) is 7.11 Å². The van der Waals surface area contributed by atoms with Crippen LogP contribution in [0.3, 0.4) is 0 Å². The van der Waals surface area contributed by atoms with Crippen LogP contribution >= 0.6 is 11.6 Å². The molecular weight excluding hydrogens is 423 g/mol. The number of allylic oxidation sites excluding steroid dienone is 1. The van der Waals surface area contributed by atoms with Crippen molar-refractivity contribution < 1.29 is 18.8 Å². The second-order valence-electron chi connectivity index (χ2n) is 6.43. The Morgan fingerprint density at radius 2 is 2.00 bits per heavy atom. The monoisotopic (exact) mass is 438 g/mol. The molecule has 156 valence electrons. The lowest BCUT2D eigenvalue weighted by atomic mass is 10.0. The van der Waals surface area contributed by atoms with E-state index >= 15 is 0 Å². The molecule has 3 aromatic rings. The average Bonchev–Trinajstić information content (AvgIpc) is 2.76. The van der Waals surface area contributed by atoms with Gasteiger partial charge in [-0.3, -0.25) is 10.1 Å². The van der Waals surface area contributed by atoms with Gasteiger partial charge in [0.2, 0.25) is 0 Å². The number of nitriles is 1. The van der Waals surface area contributed by atoms with Crippen molar-refractivity contribution in [3.05, 3.63) is 98.3 Å². The minimum Gasteiger partial charge on any atom is -0.493 e. The van der Waals surface area contributed by atoms with Gasteiger partial charge in [0.15, 0.2) is 11.5 Å². The number of non-ortho nitro benzene ring substituents is 1. The smallest absolute Gasteiger partial charge is 0.269 e. The zero-order chi connectivity index (χ0) is 22.4. The number of rotatable bonds is 7. The van der Waals surface area contributed by atoms with Gasteiger partial charge in [0.1, 0.15) is 12.4 Å². The third kappa shape index (κ3) is 5.38. The molecule has 0 atom stereocenters. The fourth-order valence-electron chi connectivity index (χ4n) is 2.88. The second-order valence-corrected chi connectivity index (χ2v) is 6.84. The normalized spacial score (nSPS) is 11.0. The van der Waals surface area contributed by atoms with Crippen molar-refractivity contribution >= 4 is 28.9 Å². The zero-order valence-corrected chi connectivity index (χ0v) is 17.1. The van der Waals surface area contributed by atoms with Crippen molar-refractivity contribution in [1.29, 1.82) is 5.26 Å². The molecule has 0 unspecified atom stereocenters. The molecule has 31 heavy (non-hydrogen) atoms. The Kier molecular flexibility index (Phi) is 6.85. The Labute approximate surface area is 182 Å². The van der Waals surface area contributed by atoms with Gasteiger partial charge in [0, 0.05) is 12.1 Å². The molecule has 0 amide bonds. The first-order valence-corrected chi connectivity index (χ1v) is 9.40. The van der Waals surface area contributed by atoms with Crippen LogP contribution < -0.4 is 9.47 Å². The number of ether oxygens (including phenoxy) is 2. The molecule has 8 heteroatoms. The quantitative estimate of drug-likeness (QED) is 0.194. The number of nitrogens with zero attached hydrogens (tertiary/aromatic N) is 2. The van der Waals surface area contributed by atoms with E-state index in [-0.39, 0.29) is 28.6 Å². The maximum Gasteiger partial charge on any atom is 0.269 e. The molecule has 0 bridgehead atoms. The summed E-state index contributed by atoms with van der Waals surface area (Å²) in [7, 11) is 1.44. The van der Waals surface area contributed by atoms with E-state index in [1.807, 2.05) is 0 Å². The van der Waals surface area contributed by atoms with Crippen molar-refractivity contribution in [2.45, 2.75) is 6.61 Å². The summed E-state index contributed by atoms with van der Waals surface area (Å²) in [5, 5.41) is 20.6. The molecule has 0 heterocycles. The van der Waals surface area contributed by atoms with Crippen LogP contribution in [0.15, 0.2) is 60.7 Å². The average molecular weight is 439 g/mol. The van der Waals surface area contributed by atoms with E-state index in [1.165, 1.54) is 37.4 Å². The first kappa shape index (κ1) is 21.8. The molecule has 0 aliphatic carbocycles. The molecule has 0 aliphatic rings. The topological polar surface area (TPSA) is 85.4 Å². The Hall–Kier alpha value is -3.89. The Morgan fingerprint density at radius 3 is 2.68 bits per heavy atom. The Balaban J connectivity index is 1.89.